The van der Waals surface area contributed by atoms with Gasteiger partial charge in [-0.25, -0.2) is 4.79 Å². The van der Waals surface area contributed by atoms with Gasteiger partial charge in [-0.05, 0) is 43.9 Å². The Morgan fingerprint density at radius 2 is 1.90 bits per heavy atom. The van der Waals surface area contributed by atoms with E-state index in [2.05, 4.69) is 9.37 Å². The van der Waals surface area contributed by atoms with Crippen molar-refractivity contribution in [1.29, 1.82) is 0 Å². The average molecular weight is 325 g/mol. The summed E-state index contributed by atoms with van der Waals surface area (Å²) >= 11 is -0.691. The number of halogens is 2. The van der Waals surface area contributed by atoms with E-state index in [1.807, 2.05) is 0 Å². The van der Waals surface area contributed by atoms with Crippen molar-refractivity contribution in [2.75, 3.05) is 0 Å². The normalized spacial score (nSPS) is 41.3. The minimum atomic E-state index is -4.03. The van der Waals surface area contributed by atoms with E-state index in [-0.39, 0.29) is 18.3 Å². The van der Waals surface area contributed by atoms with Gasteiger partial charge in [-0.2, -0.15) is 13.1 Å². The molecular weight excluding hydrogens is 310 g/mol. The van der Waals surface area contributed by atoms with Crippen LogP contribution in [0.15, 0.2) is 0 Å². The topological polar surface area (TPSA) is 88.1 Å². The molecule has 0 aromatic heterocycles. The lowest BCUT2D eigenvalue weighted by Gasteiger charge is -2.59. The molecule has 0 radical (unpaired) electrons. The van der Waals surface area contributed by atoms with E-state index >= 15 is 0 Å². The monoisotopic (exact) mass is 325 g/mol. The second-order valence-electron chi connectivity index (χ2n) is 6.49. The van der Waals surface area contributed by atoms with Crippen molar-refractivity contribution in [2.24, 2.45) is 11.8 Å². The summed E-state index contributed by atoms with van der Waals surface area (Å²) in [4.78, 5) is 11.6. The Balaban J connectivity index is 1.71. The van der Waals surface area contributed by atoms with Crippen LogP contribution >= 0.6 is 12.0 Å². The second-order valence-corrected chi connectivity index (χ2v) is 7.31. The Morgan fingerprint density at radius 3 is 2.43 bits per heavy atom. The molecule has 0 aliphatic heterocycles. The van der Waals surface area contributed by atoms with Crippen LogP contribution in [-0.2, 0) is 18.9 Å². The smallest absolute Gasteiger partial charge is 0.415 e. The van der Waals surface area contributed by atoms with Gasteiger partial charge in [-0.15, -0.1) is 0 Å². The molecule has 4 aliphatic rings. The van der Waals surface area contributed by atoms with Crippen molar-refractivity contribution in [2.45, 2.75) is 55.0 Å². The summed E-state index contributed by atoms with van der Waals surface area (Å²) in [7, 11) is 0. The summed E-state index contributed by atoms with van der Waals surface area (Å²) in [6.07, 6.45) is 3.41. The van der Waals surface area contributed by atoms with Gasteiger partial charge >= 0.3 is 11.2 Å². The predicted octanol–water partition coefficient (Wildman–Crippen LogP) is 1.08. The molecule has 9 heteroatoms. The van der Waals surface area contributed by atoms with Gasteiger partial charge in [-0.1, -0.05) is 0 Å². The van der Waals surface area contributed by atoms with Crippen molar-refractivity contribution in [3.8, 4) is 0 Å². The minimum absolute atomic E-state index is 0.193. The molecule has 2 atom stereocenters. The zero-order valence-corrected chi connectivity index (χ0v) is 11.9. The first-order valence-electron chi connectivity index (χ1n) is 6.74. The number of rotatable bonds is 5. The van der Waals surface area contributed by atoms with Crippen LogP contribution in [0.5, 0.6) is 0 Å². The molecule has 21 heavy (non-hydrogen) atoms. The van der Waals surface area contributed by atoms with Crippen LogP contribution in [0.2, 0.25) is 0 Å². The molecule has 0 amide bonds. The third-order valence-electron chi connectivity index (χ3n) is 4.69. The van der Waals surface area contributed by atoms with Crippen molar-refractivity contribution in [3.05, 3.63) is 0 Å². The average Bonchev–Trinajstić information content (AvgIpc) is 2.32. The number of hydrogen-bond donors (Lipinski definition) is 1. The number of carbonyl (C=O) groups is 1. The zero-order chi connectivity index (χ0) is 15.3. The van der Waals surface area contributed by atoms with E-state index in [0.717, 1.165) is 6.42 Å². The summed E-state index contributed by atoms with van der Waals surface area (Å²) in [5.41, 5.74) is -1.94. The Labute approximate surface area is 123 Å². The third kappa shape index (κ3) is 2.89. The molecule has 4 saturated carbocycles. The van der Waals surface area contributed by atoms with Gasteiger partial charge in [0.25, 0.3) is 0 Å². The lowest BCUT2D eigenvalue weighted by Crippen LogP contribution is -2.61. The first-order chi connectivity index (χ1) is 9.76. The molecule has 4 rings (SSSR count). The maximum absolute atomic E-state index is 13.5. The molecule has 0 aromatic rings. The predicted molar refractivity (Wildman–Crippen MR) is 63.2 cm³/mol. The summed E-state index contributed by atoms with van der Waals surface area (Å²) in [6.45, 7) is 0. The van der Waals surface area contributed by atoms with E-state index in [0.29, 0.717) is 25.7 Å². The van der Waals surface area contributed by atoms with Crippen molar-refractivity contribution in [3.63, 3.8) is 0 Å². The molecule has 0 aromatic carbocycles. The van der Waals surface area contributed by atoms with Crippen LogP contribution in [0, 0.1) is 11.8 Å². The SMILES string of the molecule is O=C(OC12CC3CC(CC(O)(C3)C1)C2)C(F)(F)SOO[O-]. The van der Waals surface area contributed by atoms with E-state index in [1.165, 1.54) is 0 Å². The van der Waals surface area contributed by atoms with Crippen molar-refractivity contribution < 1.29 is 38.0 Å². The fourth-order valence-corrected chi connectivity index (χ4v) is 4.82. The highest BCUT2D eigenvalue weighted by atomic mass is 32.2. The summed E-state index contributed by atoms with van der Waals surface area (Å²) < 4.78 is 35.5. The number of hydrogen-bond acceptors (Lipinski definition) is 7. The molecule has 120 valence electrons. The van der Waals surface area contributed by atoms with Gasteiger partial charge in [0.2, 0.25) is 0 Å². The fraction of sp³-hybridized carbons (Fsp3) is 0.917. The van der Waals surface area contributed by atoms with Gasteiger partial charge < -0.3 is 15.1 Å². The van der Waals surface area contributed by atoms with Crippen LogP contribution < -0.4 is 5.26 Å². The fourth-order valence-electron chi connectivity index (χ4n) is 4.60. The van der Waals surface area contributed by atoms with Crippen LogP contribution in [-0.4, -0.2) is 27.5 Å². The Bertz CT molecular complexity index is 431. The molecule has 0 saturated heterocycles. The molecule has 6 nitrogen and oxygen atoms in total. The zero-order valence-electron chi connectivity index (χ0n) is 11.0. The summed E-state index contributed by atoms with van der Waals surface area (Å²) in [6, 6.07) is 0. The molecule has 4 aliphatic carbocycles. The number of esters is 1. The number of alkyl halides is 2. The van der Waals surface area contributed by atoms with Gasteiger partial charge in [0.1, 0.15) is 17.6 Å². The van der Waals surface area contributed by atoms with Crippen LogP contribution in [0.25, 0.3) is 0 Å². The minimum Gasteiger partial charge on any atom is -0.691 e. The van der Waals surface area contributed by atoms with E-state index < -0.39 is 34.5 Å². The highest BCUT2D eigenvalue weighted by Gasteiger charge is 2.60. The van der Waals surface area contributed by atoms with Gasteiger partial charge in [0.05, 0.1) is 5.60 Å². The van der Waals surface area contributed by atoms with Crippen LogP contribution in [0.4, 0.5) is 8.78 Å². The summed E-state index contributed by atoms with van der Waals surface area (Å²) in [5.74, 6) is -1.37. The maximum Gasteiger partial charge on any atom is 0.415 e. The van der Waals surface area contributed by atoms with Crippen LogP contribution in [0.1, 0.15) is 38.5 Å². The quantitative estimate of drug-likeness (QED) is 0.350. The molecule has 2 unspecified atom stereocenters. The highest BCUT2D eigenvalue weighted by Crippen LogP contribution is 2.59. The largest absolute Gasteiger partial charge is 0.691 e. The number of carbonyl (C=O) groups excluding carboxylic acids is 1. The molecule has 0 spiro atoms. The molecular formula is C12H15F2O6S-. The first-order valence-corrected chi connectivity index (χ1v) is 7.48. The summed E-state index contributed by atoms with van der Waals surface area (Å²) in [5, 5.41) is 18.8. The number of ether oxygens (including phenoxy) is 1. The van der Waals surface area contributed by atoms with Crippen LogP contribution in [0.3, 0.4) is 0 Å². The first kappa shape index (κ1) is 15.4. The number of aliphatic hydroxyl groups is 1. The lowest BCUT2D eigenvalue weighted by molar-refractivity contribution is -0.777. The Morgan fingerprint density at radius 1 is 1.29 bits per heavy atom. The maximum atomic E-state index is 13.5. The standard InChI is InChI=1S/C12H16F2O6S/c13-12(14,21-20-19-17)9(15)18-11-4-7-1-8(5-11)3-10(16,2-7)6-11/h7-8,16-17H,1-6H2/p-1. The second kappa shape index (κ2) is 5.02. The third-order valence-corrected chi connectivity index (χ3v) is 5.19. The van der Waals surface area contributed by atoms with E-state index in [9.17, 15) is 23.9 Å². The Hall–Kier alpha value is -0.480. The van der Waals surface area contributed by atoms with Crippen molar-refractivity contribution >= 4 is 18.0 Å². The van der Waals surface area contributed by atoms with Crippen molar-refractivity contribution in [1.82, 2.24) is 0 Å². The lowest BCUT2D eigenvalue weighted by atomic mass is 9.52. The molecule has 4 bridgehead atoms. The van der Waals surface area contributed by atoms with E-state index in [1.54, 1.807) is 0 Å². The van der Waals surface area contributed by atoms with Gasteiger partial charge in [0, 0.05) is 6.42 Å². The molecule has 4 fully saturated rings. The van der Waals surface area contributed by atoms with Gasteiger partial charge in [-0.3, -0.25) is 5.04 Å². The van der Waals surface area contributed by atoms with E-state index in [4.69, 9.17) is 4.74 Å². The molecule has 1 N–H and O–H groups in total. The Kier molecular flexibility index (Phi) is 3.69. The highest BCUT2D eigenvalue weighted by molar-refractivity contribution is 7.96. The van der Waals surface area contributed by atoms with Gasteiger partial charge in [0.15, 0.2) is 0 Å². The molecule has 0 heterocycles.